The summed E-state index contributed by atoms with van der Waals surface area (Å²) in [5.74, 6) is -0.441. The third-order valence-corrected chi connectivity index (χ3v) is 4.49. The van der Waals surface area contributed by atoms with Crippen LogP contribution in [-0.2, 0) is 16.1 Å². The maximum Gasteiger partial charge on any atom is 0.292 e. The Morgan fingerprint density at radius 1 is 1.35 bits per heavy atom. The fourth-order valence-corrected chi connectivity index (χ4v) is 3.28. The number of nitro groups is 1. The number of aliphatic hydroxyl groups is 1. The van der Waals surface area contributed by atoms with Crippen LogP contribution in [0.15, 0.2) is 18.2 Å². The number of benzene rings is 1. The summed E-state index contributed by atoms with van der Waals surface area (Å²) in [5, 5.41) is 23.4. The van der Waals surface area contributed by atoms with E-state index in [1.165, 1.54) is 12.5 Å². The highest BCUT2D eigenvalue weighted by atomic mass is 16.7. The number of nitro benzene ring substituents is 1. The molecular weight excluding hydrogens is 300 g/mol. The summed E-state index contributed by atoms with van der Waals surface area (Å²) in [7, 11) is 0. The second-order valence-corrected chi connectivity index (χ2v) is 6.17. The van der Waals surface area contributed by atoms with Crippen LogP contribution >= 0.6 is 0 Å². The lowest BCUT2D eigenvalue weighted by molar-refractivity contribution is -0.384. The van der Waals surface area contributed by atoms with Gasteiger partial charge in [-0.3, -0.25) is 10.1 Å². The molecule has 7 nitrogen and oxygen atoms in total. The molecule has 0 aromatic heterocycles. The highest BCUT2D eigenvalue weighted by molar-refractivity contribution is 5.62. The molecule has 1 atom stereocenters. The Bertz CT molecular complexity index is 572. The van der Waals surface area contributed by atoms with Crippen molar-refractivity contribution in [3.05, 3.63) is 33.9 Å². The third kappa shape index (κ3) is 3.63. The Hall–Kier alpha value is -1.70. The lowest BCUT2D eigenvalue weighted by Gasteiger charge is -2.31. The molecule has 7 heteroatoms. The Balaban J connectivity index is 1.63. The fraction of sp³-hybridized carbons (Fsp3) is 0.625. The molecule has 1 heterocycles. The smallest absolute Gasteiger partial charge is 0.292 e. The van der Waals surface area contributed by atoms with E-state index in [1.54, 1.807) is 12.1 Å². The number of hydrogen-bond acceptors (Lipinski definition) is 6. The maximum absolute atomic E-state index is 11.1. The molecule has 0 radical (unpaired) electrons. The summed E-state index contributed by atoms with van der Waals surface area (Å²) in [4.78, 5) is 10.7. The van der Waals surface area contributed by atoms with Crippen molar-refractivity contribution in [2.24, 2.45) is 0 Å². The SMILES string of the molecule is O=[N+]([O-])c1ccc(CO)cc1NCC1COC2(CCCCC2)O1. The van der Waals surface area contributed by atoms with E-state index in [2.05, 4.69) is 5.32 Å². The van der Waals surface area contributed by atoms with Crippen LogP contribution in [0.4, 0.5) is 11.4 Å². The molecule has 1 aromatic carbocycles. The Morgan fingerprint density at radius 3 is 2.83 bits per heavy atom. The van der Waals surface area contributed by atoms with Crippen molar-refractivity contribution in [3.8, 4) is 0 Å². The molecule has 126 valence electrons. The number of nitrogens with one attached hydrogen (secondary N) is 1. The molecule has 1 spiro atoms. The van der Waals surface area contributed by atoms with E-state index in [0.29, 0.717) is 24.4 Å². The number of rotatable bonds is 5. The molecule has 0 amide bonds. The topological polar surface area (TPSA) is 93.9 Å². The molecule has 1 aromatic rings. The largest absolute Gasteiger partial charge is 0.392 e. The Morgan fingerprint density at radius 2 is 2.13 bits per heavy atom. The minimum Gasteiger partial charge on any atom is -0.392 e. The van der Waals surface area contributed by atoms with E-state index in [0.717, 1.165) is 25.7 Å². The van der Waals surface area contributed by atoms with E-state index in [1.807, 2.05) is 0 Å². The number of anilines is 1. The summed E-state index contributed by atoms with van der Waals surface area (Å²) >= 11 is 0. The first-order valence-corrected chi connectivity index (χ1v) is 8.06. The monoisotopic (exact) mass is 322 g/mol. The highest BCUT2D eigenvalue weighted by Crippen LogP contribution is 2.38. The van der Waals surface area contributed by atoms with E-state index in [4.69, 9.17) is 9.47 Å². The molecule has 1 aliphatic heterocycles. The molecule has 2 fully saturated rings. The number of hydrogen-bond donors (Lipinski definition) is 2. The number of aliphatic hydroxyl groups excluding tert-OH is 1. The molecule has 2 N–H and O–H groups in total. The van der Waals surface area contributed by atoms with E-state index in [-0.39, 0.29) is 18.4 Å². The second-order valence-electron chi connectivity index (χ2n) is 6.17. The molecule has 1 saturated heterocycles. The van der Waals surface area contributed by atoms with Crippen LogP contribution in [-0.4, -0.2) is 35.1 Å². The minimum absolute atomic E-state index is 0.00602. The average Bonchev–Trinajstić information content (AvgIpc) is 2.95. The van der Waals surface area contributed by atoms with E-state index >= 15 is 0 Å². The normalized spacial score (nSPS) is 23.1. The lowest BCUT2D eigenvalue weighted by Crippen LogP contribution is -2.34. The van der Waals surface area contributed by atoms with Gasteiger partial charge in [-0.05, 0) is 30.5 Å². The molecule has 1 saturated carbocycles. The molecule has 3 rings (SSSR count). The van der Waals surface area contributed by atoms with Gasteiger partial charge in [0, 0.05) is 25.5 Å². The van der Waals surface area contributed by atoms with Gasteiger partial charge in [-0.15, -0.1) is 0 Å². The fourth-order valence-electron chi connectivity index (χ4n) is 3.28. The Kier molecular flexibility index (Phi) is 4.79. The van der Waals surface area contributed by atoms with E-state index < -0.39 is 10.7 Å². The van der Waals surface area contributed by atoms with Crippen LogP contribution in [0, 0.1) is 10.1 Å². The van der Waals surface area contributed by atoms with Gasteiger partial charge in [0.1, 0.15) is 11.8 Å². The zero-order chi connectivity index (χ0) is 16.3. The third-order valence-electron chi connectivity index (χ3n) is 4.49. The van der Waals surface area contributed by atoms with Crippen LogP contribution in [0.5, 0.6) is 0 Å². The molecule has 1 aliphatic carbocycles. The molecular formula is C16H22N2O5. The van der Waals surface area contributed by atoms with Gasteiger partial charge in [-0.2, -0.15) is 0 Å². The van der Waals surface area contributed by atoms with Gasteiger partial charge in [0.15, 0.2) is 5.79 Å². The van der Waals surface area contributed by atoms with E-state index in [9.17, 15) is 15.2 Å². The van der Waals surface area contributed by atoms with Crippen molar-refractivity contribution in [2.75, 3.05) is 18.5 Å². The summed E-state index contributed by atoms with van der Waals surface area (Å²) in [6.45, 7) is 0.788. The minimum atomic E-state index is -0.441. The summed E-state index contributed by atoms with van der Waals surface area (Å²) in [5.41, 5.74) is 1.02. The molecule has 1 unspecified atom stereocenters. The first-order chi connectivity index (χ1) is 11.1. The van der Waals surface area contributed by atoms with Crippen molar-refractivity contribution < 1.29 is 19.5 Å². The van der Waals surface area contributed by atoms with Gasteiger partial charge in [0.05, 0.1) is 18.1 Å². The molecule has 23 heavy (non-hydrogen) atoms. The van der Waals surface area contributed by atoms with Gasteiger partial charge >= 0.3 is 0 Å². The van der Waals surface area contributed by atoms with Gasteiger partial charge in [0.2, 0.25) is 0 Å². The van der Waals surface area contributed by atoms with Crippen molar-refractivity contribution in [2.45, 2.75) is 50.6 Å². The van der Waals surface area contributed by atoms with Crippen LogP contribution in [0.3, 0.4) is 0 Å². The van der Waals surface area contributed by atoms with Gasteiger partial charge < -0.3 is 19.9 Å². The zero-order valence-corrected chi connectivity index (χ0v) is 13.0. The quantitative estimate of drug-likeness (QED) is 0.639. The van der Waals surface area contributed by atoms with Crippen LogP contribution in [0.25, 0.3) is 0 Å². The zero-order valence-electron chi connectivity index (χ0n) is 13.0. The highest BCUT2D eigenvalue weighted by Gasteiger charge is 2.42. The van der Waals surface area contributed by atoms with Crippen molar-refractivity contribution in [1.82, 2.24) is 0 Å². The second kappa shape index (κ2) is 6.82. The predicted molar refractivity (Wildman–Crippen MR) is 84.1 cm³/mol. The maximum atomic E-state index is 11.1. The van der Waals surface area contributed by atoms with Gasteiger partial charge in [-0.1, -0.05) is 6.42 Å². The summed E-state index contributed by atoms with van der Waals surface area (Å²) in [6.07, 6.45) is 5.17. The van der Waals surface area contributed by atoms with Gasteiger partial charge in [0.25, 0.3) is 5.69 Å². The van der Waals surface area contributed by atoms with Crippen LogP contribution in [0.2, 0.25) is 0 Å². The summed E-state index contributed by atoms with van der Waals surface area (Å²) < 4.78 is 11.9. The number of nitrogens with zero attached hydrogens (tertiary/aromatic N) is 1. The summed E-state index contributed by atoms with van der Waals surface area (Å²) in [6, 6.07) is 4.56. The van der Waals surface area contributed by atoms with Crippen molar-refractivity contribution >= 4 is 11.4 Å². The first-order valence-electron chi connectivity index (χ1n) is 8.06. The average molecular weight is 322 g/mol. The standard InChI is InChI=1S/C16H22N2O5/c19-10-12-4-5-15(18(20)21)14(8-12)17-9-13-11-22-16(23-13)6-2-1-3-7-16/h4-5,8,13,17,19H,1-3,6-7,9-11H2. The van der Waals surface area contributed by atoms with Crippen LogP contribution in [0.1, 0.15) is 37.7 Å². The predicted octanol–water partition coefficient (Wildman–Crippen LogP) is 2.57. The van der Waals surface area contributed by atoms with Crippen molar-refractivity contribution in [1.29, 1.82) is 0 Å². The first kappa shape index (κ1) is 16.2. The Labute approximate surface area is 134 Å². The molecule has 2 aliphatic rings. The van der Waals surface area contributed by atoms with Gasteiger partial charge in [-0.25, -0.2) is 0 Å². The van der Waals surface area contributed by atoms with Crippen molar-refractivity contribution in [3.63, 3.8) is 0 Å². The van der Waals surface area contributed by atoms with Crippen LogP contribution < -0.4 is 5.32 Å². The molecule has 0 bridgehead atoms. The number of ether oxygens (including phenoxy) is 2. The lowest BCUT2D eigenvalue weighted by atomic mass is 9.94.